The Kier molecular flexibility index (Phi) is 6.09. The minimum absolute atomic E-state index is 0. The van der Waals surface area contributed by atoms with Crippen LogP contribution >= 0.6 is 11.6 Å². The summed E-state index contributed by atoms with van der Waals surface area (Å²) in [6.45, 7) is 4.61. The fraction of sp³-hybridized carbons (Fsp3) is 0.500. The average molecular weight is 236 g/mol. The van der Waals surface area contributed by atoms with Gasteiger partial charge >= 0.3 is 0 Å². The molecule has 0 fully saturated rings. The van der Waals surface area contributed by atoms with E-state index in [-0.39, 0.29) is 18.3 Å². The molecule has 0 spiro atoms. The van der Waals surface area contributed by atoms with Crippen LogP contribution in [0, 0.1) is 13.8 Å². The maximum atomic E-state index is 9.41. The van der Waals surface area contributed by atoms with E-state index in [1.807, 2.05) is 32.0 Å². The zero-order chi connectivity index (χ0) is 9.84. The van der Waals surface area contributed by atoms with E-state index >= 15 is 0 Å². The van der Waals surface area contributed by atoms with Crippen molar-refractivity contribution in [3.05, 3.63) is 29.6 Å². The largest absolute Gasteiger partial charge is 1.00 e. The normalized spacial score (nSPS) is 12.0. The van der Waals surface area contributed by atoms with E-state index in [1.54, 1.807) is 0 Å². The van der Waals surface area contributed by atoms with Crippen LogP contribution in [-0.4, -0.2) is 17.1 Å². The number of rotatable bonds is 3. The van der Waals surface area contributed by atoms with Crippen molar-refractivity contribution in [2.75, 3.05) is 5.88 Å². The Labute approximate surface area is 95.9 Å². The third kappa shape index (κ3) is 3.45. The lowest BCUT2D eigenvalue weighted by Gasteiger charge is -2.06. The van der Waals surface area contributed by atoms with Crippen LogP contribution in [0.2, 0.25) is 0 Å². The van der Waals surface area contributed by atoms with E-state index in [2.05, 4.69) is 4.57 Å². The molecule has 14 heavy (non-hydrogen) atoms. The molecule has 0 aliphatic rings. The summed E-state index contributed by atoms with van der Waals surface area (Å²) < 4.78 is 2.06. The first kappa shape index (κ1) is 13.7. The number of pyridine rings is 1. The first-order valence-corrected chi connectivity index (χ1v) is 4.88. The Morgan fingerprint density at radius 3 is 2.29 bits per heavy atom. The summed E-state index contributed by atoms with van der Waals surface area (Å²) in [7, 11) is 0. The molecule has 1 N–H and O–H groups in total. The predicted molar refractivity (Wildman–Crippen MR) is 52.8 cm³/mol. The number of aliphatic hydroxyl groups excluding tert-OH is 1. The third-order valence-electron chi connectivity index (χ3n) is 2.10. The molecule has 4 heteroatoms. The van der Waals surface area contributed by atoms with Crippen LogP contribution in [0.4, 0.5) is 0 Å². The first-order valence-electron chi connectivity index (χ1n) is 4.35. The van der Waals surface area contributed by atoms with Gasteiger partial charge in [0.25, 0.3) is 0 Å². The van der Waals surface area contributed by atoms with Crippen LogP contribution in [0.1, 0.15) is 11.4 Å². The summed E-state index contributed by atoms with van der Waals surface area (Å²) in [5.74, 6) is 0.279. The number of aryl methyl sites for hydroxylation is 2. The minimum Gasteiger partial charge on any atom is -1.00 e. The second kappa shape index (κ2) is 6.23. The van der Waals surface area contributed by atoms with Gasteiger partial charge < -0.3 is 17.5 Å². The Hall–Kier alpha value is -0.310. The number of nitrogens with zero attached hydrogens (tertiary/aromatic N) is 1. The van der Waals surface area contributed by atoms with Crippen LogP contribution < -0.4 is 17.0 Å². The van der Waals surface area contributed by atoms with E-state index in [1.165, 1.54) is 0 Å². The molecule has 0 saturated heterocycles. The highest BCUT2D eigenvalue weighted by molar-refractivity contribution is 6.18. The molecule has 0 aliphatic carbocycles. The number of aliphatic hydroxyl groups is 1. The highest BCUT2D eigenvalue weighted by atomic mass is 35.5. The molecule has 0 bridgehead atoms. The molecule has 1 aromatic rings. The first-order chi connectivity index (χ1) is 6.15. The van der Waals surface area contributed by atoms with Crippen molar-refractivity contribution >= 4 is 11.6 Å². The Bertz CT molecular complexity index is 271. The molecule has 2 nitrogen and oxygen atoms in total. The van der Waals surface area contributed by atoms with Crippen molar-refractivity contribution in [2.45, 2.75) is 26.5 Å². The molecule has 1 aromatic heterocycles. The van der Waals surface area contributed by atoms with E-state index in [9.17, 15) is 5.11 Å². The van der Waals surface area contributed by atoms with Crippen LogP contribution in [0.3, 0.4) is 0 Å². The number of hydrogen-bond donors (Lipinski definition) is 1. The van der Waals surface area contributed by atoms with Crippen LogP contribution in [-0.2, 0) is 6.54 Å². The standard InChI is InChI=1S/C10H15ClNO.ClH/c1-8-4-3-5-9(2)12(8)7-10(13)6-11;/h3-5,10,13H,6-7H2,1-2H3;1H/q+1;/p-1. The van der Waals surface area contributed by atoms with Gasteiger partial charge in [-0.15, -0.1) is 11.6 Å². The van der Waals surface area contributed by atoms with Gasteiger partial charge in [0, 0.05) is 26.0 Å². The minimum atomic E-state index is -0.466. The van der Waals surface area contributed by atoms with Crippen molar-refractivity contribution < 1.29 is 22.1 Å². The van der Waals surface area contributed by atoms with E-state index in [4.69, 9.17) is 11.6 Å². The van der Waals surface area contributed by atoms with Gasteiger partial charge in [0.2, 0.25) is 0 Å². The SMILES string of the molecule is Cc1cccc(C)[n+]1CC(O)CCl.[Cl-]. The molecule has 0 saturated carbocycles. The van der Waals surface area contributed by atoms with Gasteiger partial charge in [-0.3, -0.25) is 0 Å². The lowest BCUT2D eigenvalue weighted by Crippen LogP contribution is -3.00. The molecular weight excluding hydrogens is 221 g/mol. The van der Waals surface area contributed by atoms with E-state index in [0.29, 0.717) is 6.54 Å². The molecular formula is C10H15Cl2NO. The van der Waals surface area contributed by atoms with Crippen molar-refractivity contribution in [2.24, 2.45) is 0 Å². The topological polar surface area (TPSA) is 24.1 Å². The summed E-state index contributed by atoms with van der Waals surface area (Å²) in [4.78, 5) is 0. The van der Waals surface area contributed by atoms with E-state index in [0.717, 1.165) is 11.4 Å². The maximum Gasteiger partial charge on any atom is 0.178 e. The molecule has 0 aliphatic heterocycles. The van der Waals surface area contributed by atoms with Gasteiger partial charge in [0.1, 0.15) is 6.10 Å². The number of aromatic nitrogens is 1. The summed E-state index contributed by atoms with van der Waals surface area (Å²) in [5.41, 5.74) is 2.29. The Balaban J connectivity index is 0.00000169. The highest BCUT2D eigenvalue weighted by Gasteiger charge is 2.14. The number of alkyl halides is 1. The fourth-order valence-corrected chi connectivity index (χ4v) is 1.43. The molecule has 80 valence electrons. The zero-order valence-corrected chi connectivity index (χ0v) is 9.89. The van der Waals surface area contributed by atoms with Crippen LogP contribution in [0.15, 0.2) is 18.2 Å². The quantitative estimate of drug-likeness (QED) is 0.485. The van der Waals surface area contributed by atoms with Gasteiger partial charge in [0.05, 0.1) is 5.88 Å². The van der Waals surface area contributed by atoms with Gasteiger partial charge in [-0.05, 0) is 6.07 Å². The average Bonchev–Trinajstić information content (AvgIpc) is 2.11. The summed E-state index contributed by atoms with van der Waals surface area (Å²) in [6, 6.07) is 6.05. The molecule has 1 heterocycles. The molecule has 0 amide bonds. The predicted octanol–water partition coefficient (Wildman–Crippen LogP) is -1.81. The summed E-state index contributed by atoms with van der Waals surface area (Å²) in [6.07, 6.45) is -0.466. The number of hydrogen-bond acceptors (Lipinski definition) is 1. The van der Waals surface area contributed by atoms with Gasteiger partial charge in [-0.2, -0.15) is 4.57 Å². The van der Waals surface area contributed by atoms with Crippen molar-refractivity contribution in [3.63, 3.8) is 0 Å². The smallest absolute Gasteiger partial charge is 0.178 e. The summed E-state index contributed by atoms with van der Waals surface area (Å²) >= 11 is 5.54. The third-order valence-corrected chi connectivity index (χ3v) is 2.45. The molecule has 0 radical (unpaired) electrons. The second-order valence-electron chi connectivity index (χ2n) is 3.23. The molecule has 1 rings (SSSR count). The van der Waals surface area contributed by atoms with Gasteiger partial charge in [0.15, 0.2) is 17.9 Å². The lowest BCUT2D eigenvalue weighted by molar-refractivity contribution is -0.714. The van der Waals surface area contributed by atoms with E-state index < -0.39 is 6.10 Å². The Morgan fingerprint density at radius 2 is 1.86 bits per heavy atom. The van der Waals surface area contributed by atoms with Crippen LogP contribution in [0.25, 0.3) is 0 Å². The van der Waals surface area contributed by atoms with Crippen molar-refractivity contribution in [1.82, 2.24) is 0 Å². The Morgan fingerprint density at radius 1 is 1.36 bits per heavy atom. The summed E-state index contributed by atoms with van der Waals surface area (Å²) in [5, 5.41) is 9.41. The van der Waals surface area contributed by atoms with Crippen molar-refractivity contribution in [1.29, 1.82) is 0 Å². The maximum absolute atomic E-state index is 9.41. The van der Waals surface area contributed by atoms with Crippen molar-refractivity contribution in [3.8, 4) is 0 Å². The van der Waals surface area contributed by atoms with Gasteiger partial charge in [-0.1, -0.05) is 0 Å². The molecule has 1 atom stereocenters. The molecule has 1 unspecified atom stereocenters. The fourth-order valence-electron chi connectivity index (χ4n) is 1.33. The van der Waals surface area contributed by atoms with Gasteiger partial charge in [-0.25, -0.2) is 0 Å². The molecule has 0 aromatic carbocycles. The van der Waals surface area contributed by atoms with Crippen LogP contribution in [0.5, 0.6) is 0 Å². The lowest BCUT2D eigenvalue weighted by atomic mass is 10.2. The number of halogens is 2. The monoisotopic (exact) mass is 235 g/mol. The highest BCUT2D eigenvalue weighted by Crippen LogP contribution is 1.96. The zero-order valence-electron chi connectivity index (χ0n) is 8.37. The second-order valence-corrected chi connectivity index (χ2v) is 3.54.